The van der Waals surface area contributed by atoms with E-state index in [0.717, 1.165) is 24.5 Å². The number of sulfone groups is 1. The van der Waals surface area contributed by atoms with Crippen LogP contribution in [-0.4, -0.2) is 29.6 Å². The van der Waals surface area contributed by atoms with Crippen LogP contribution in [0.1, 0.15) is 16.7 Å². The molecule has 0 spiro atoms. The third-order valence-electron chi connectivity index (χ3n) is 5.02. The first-order valence-corrected chi connectivity index (χ1v) is 12.8. The minimum Gasteiger partial charge on any atom is -0.488 e. The Morgan fingerprint density at radius 1 is 0.946 bits per heavy atom. The zero-order valence-corrected chi connectivity index (χ0v) is 20.1. The Morgan fingerprint density at radius 3 is 2.46 bits per heavy atom. The van der Waals surface area contributed by atoms with Gasteiger partial charge in [0.2, 0.25) is 5.95 Å². The third kappa shape index (κ3) is 7.23. The zero-order valence-electron chi connectivity index (χ0n) is 19.3. The molecule has 0 amide bonds. The highest BCUT2D eigenvalue weighted by atomic mass is 32.2. The summed E-state index contributed by atoms with van der Waals surface area (Å²) >= 11 is 0. The fourth-order valence-corrected chi connectivity index (χ4v) is 4.24. The van der Waals surface area contributed by atoms with Crippen molar-refractivity contribution in [2.45, 2.75) is 18.5 Å². The summed E-state index contributed by atoms with van der Waals surface area (Å²) in [5, 5.41) is 2.97. The number of hydrogen-bond donors (Lipinski definition) is 1. The molecule has 0 saturated heterocycles. The van der Waals surface area contributed by atoms with Crippen molar-refractivity contribution >= 4 is 21.5 Å². The summed E-state index contributed by atoms with van der Waals surface area (Å²) in [7, 11) is -3.22. The number of benzene rings is 3. The van der Waals surface area contributed by atoms with Crippen LogP contribution >= 0.6 is 0 Å². The molecule has 37 heavy (non-hydrogen) atoms. The number of halogens is 4. The van der Waals surface area contributed by atoms with Gasteiger partial charge in [0, 0.05) is 18.0 Å². The summed E-state index contributed by atoms with van der Waals surface area (Å²) in [4.78, 5) is 12.5. The Balaban J connectivity index is 1.57. The maximum absolute atomic E-state index is 14.0. The number of ether oxygens (including phenoxy) is 1. The van der Waals surface area contributed by atoms with E-state index < -0.39 is 27.4 Å². The van der Waals surface area contributed by atoms with Gasteiger partial charge in [-0.3, -0.25) is 0 Å². The number of anilines is 2. The SMILES string of the molecule is CS(=O)(=O)Cc1cccc(Nc2ncnc(-c3ccc(F)cc3OCc3cccc(C(F)(F)F)c3)n2)c1. The molecule has 4 rings (SSSR count). The van der Waals surface area contributed by atoms with E-state index in [-0.39, 0.29) is 35.4 Å². The molecule has 0 unspecified atom stereocenters. The van der Waals surface area contributed by atoms with Crippen molar-refractivity contribution in [3.63, 3.8) is 0 Å². The van der Waals surface area contributed by atoms with E-state index in [1.165, 1.54) is 30.6 Å². The number of aromatic nitrogens is 3. The highest BCUT2D eigenvalue weighted by Gasteiger charge is 2.30. The maximum atomic E-state index is 14.0. The molecule has 3 aromatic carbocycles. The average molecular weight is 533 g/mol. The Bertz CT molecular complexity index is 1530. The first-order valence-electron chi connectivity index (χ1n) is 10.8. The fraction of sp³-hybridized carbons (Fsp3) is 0.160. The number of nitrogens with zero attached hydrogens (tertiary/aromatic N) is 3. The maximum Gasteiger partial charge on any atom is 0.416 e. The molecule has 4 aromatic rings. The predicted molar refractivity (Wildman–Crippen MR) is 129 cm³/mol. The van der Waals surface area contributed by atoms with Crippen molar-refractivity contribution in [2.75, 3.05) is 11.6 Å². The lowest BCUT2D eigenvalue weighted by Gasteiger charge is -2.13. The molecule has 1 heterocycles. The predicted octanol–water partition coefficient (Wildman–Crippen LogP) is 5.56. The molecule has 0 aliphatic carbocycles. The lowest BCUT2D eigenvalue weighted by Crippen LogP contribution is -2.06. The standard InChI is InChI=1S/C25H20F4N4O3S/c1-37(34,35)14-17-5-3-7-20(11-17)32-24-31-15-30-23(33-24)21-9-8-19(26)12-22(21)36-13-16-4-2-6-18(10-16)25(27,28)29/h2-12,15H,13-14H2,1H3,(H,30,31,32,33). The van der Waals surface area contributed by atoms with Crippen molar-refractivity contribution in [3.05, 3.63) is 95.6 Å². The van der Waals surface area contributed by atoms with E-state index in [1.54, 1.807) is 24.3 Å². The molecular weight excluding hydrogens is 512 g/mol. The monoisotopic (exact) mass is 532 g/mol. The summed E-state index contributed by atoms with van der Waals surface area (Å²) in [5.74, 6) is -0.450. The molecule has 7 nitrogen and oxygen atoms in total. The summed E-state index contributed by atoms with van der Waals surface area (Å²) < 4.78 is 81.9. The van der Waals surface area contributed by atoms with Gasteiger partial charge in [0.25, 0.3) is 0 Å². The van der Waals surface area contributed by atoms with Crippen molar-refractivity contribution in [2.24, 2.45) is 0 Å². The number of hydrogen-bond acceptors (Lipinski definition) is 7. The Kier molecular flexibility index (Phi) is 7.39. The molecule has 0 fully saturated rings. The van der Waals surface area contributed by atoms with Gasteiger partial charge in [-0.1, -0.05) is 24.3 Å². The second kappa shape index (κ2) is 10.5. The molecule has 0 aliphatic rings. The molecule has 1 N–H and O–H groups in total. The van der Waals surface area contributed by atoms with Crippen LogP contribution in [0.15, 0.2) is 73.1 Å². The lowest BCUT2D eigenvalue weighted by atomic mass is 10.1. The fourth-order valence-electron chi connectivity index (χ4n) is 3.46. The van der Waals surface area contributed by atoms with Crippen LogP contribution < -0.4 is 10.1 Å². The Labute approximate surface area is 210 Å². The van der Waals surface area contributed by atoms with Crippen molar-refractivity contribution < 1.29 is 30.7 Å². The number of nitrogens with one attached hydrogen (secondary N) is 1. The topological polar surface area (TPSA) is 94.1 Å². The summed E-state index contributed by atoms with van der Waals surface area (Å²) in [5.41, 5.74) is 0.840. The van der Waals surface area contributed by atoms with Gasteiger partial charge in [0.05, 0.1) is 16.9 Å². The Hall–Kier alpha value is -4.06. The minimum absolute atomic E-state index is 0.0321. The molecule has 0 atom stereocenters. The van der Waals surface area contributed by atoms with Crippen molar-refractivity contribution in [3.8, 4) is 17.1 Å². The van der Waals surface area contributed by atoms with Crippen LogP contribution in [0.3, 0.4) is 0 Å². The van der Waals surface area contributed by atoms with Crippen LogP contribution in [0.25, 0.3) is 11.4 Å². The molecule has 0 radical (unpaired) electrons. The largest absolute Gasteiger partial charge is 0.488 e. The first kappa shape index (κ1) is 26.0. The number of rotatable bonds is 8. The highest BCUT2D eigenvalue weighted by molar-refractivity contribution is 7.89. The molecule has 12 heteroatoms. The summed E-state index contributed by atoms with van der Waals surface area (Å²) in [6.07, 6.45) is -2.13. The first-order chi connectivity index (χ1) is 17.5. The molecule has 0 aliphatic heterocycles. The highest BCUT2D eigenvalue weighted by Crippen LogP contribution is 2.32. The minimum atomic E-state index is -4.50. The van der Waals surface area contributed by atoms with Gasteiger partial charge in [0.15, 0.2) is 15.7 Å². The van der Waals surface area contributed by atoms with E-state index in [2.05, 4.69) is 20.3 Å². The van der Waals surface area contributed by atoms with Crippen molar-refractivity contribution in [1.82, 2.24) is 15.0 Å². The zero-order chi connectivity index (χ0) is 26.6. The normalized spacial score (nSPS) is 11.8. The molecule has 0 saturated carbocycles. The van der Waals surface area contributed by atoms with E-state index in [4.69, 9.17) is 4.74 Å². The number of alkyl halides is 3. The summed E-state index contributed by atoms with van der Waals surface area (Å²) in [6, 6.07) is 15.0. The van der Waals surface area contributed by atoms with Gasteiger partial charge >= 0.3 is 6.18 Å². The third-order valence-corrected chi connectivity index (χ3v) is 5.87. The van der Waals surface area contributed by atoms with Crippen LogP contribution in [-0.2, 0) is 28.4 Å². The molecular formula is C25H20F4N4O3S. The smallest absolute Gasteiger partial charge is 0.416 e. The van der Waals surface area contributed by atoms with E-state index >= 15 is 0 Å². The quantitative estimate of drug-likeness (QED) is 0.297. The van der Waals surface area contributed by atoms with Gasteiger partial charge in [-0.2, -0.15) is 18.2 Å². The molecule has 0 bridgehead atoms. The van der Waals surface area contributed by atoms with Gasteiger partial charge in [-0.25, -0.2) is 22.8 Å². The van der Waals surface area contributed by atoms with Crippen LogP contribution in [0, 0.1) is 5.82 Å². The second-order valence-electron chi connectivity index (χ2n) is 8.16. The average Bonchev–Trinajstić information content (AvgIpc) is 2.82. The van der Waals surface area contributed by atoms with Gasteiger partial charge in [-0.15, -0.1) is 0 Å². The lowest BCUT2D eigenvalue weighted by molar-refractivity contribution is -0.137. The summed E-state index contributed by atoms with van der Waals surface area (Å²) in [6.45, 7) is -0.246. The van der Waals surface area contributed by atoms with Gasteiger partial charge in [0.1, 0.15) is 24.5 Å². The van der Waals surface area contributed by atoms with E-state index in [1.807, 2.05) is 0 Å². The molecule has 1 aromatic heterocycles. The van der Waals surface area contributed by atoms with Gasteiger partial charge in [-0.05, 0) is 47.5 Å². The van der Waals surface area contributed by atoms with Gasteiger partial charge < -0.3 is 10.1 Å². The Morgan fingerprint density at radius 2 is 1.70 bits per heavy atom. The van der Waals surface area contributed by atoms with E-state index in [9.17, 15) is 26.0 Å². The van der Waals surface area contributed by atoms with E-state index in [0.29, 0.717) is 16.8 Å². The van der Waals surface area contributed by atoms with Crippen LogP contribution in [0.5, 0.6) is 5.75 Å². The molecule has 192 valence electrons. The van der Waals surface area contributed by atoms with Crippen molar-refractivity contribution in [1.29, 1.82) is 0 Å². The van der Waals surface area contributed by atoms with Crippen LogP contribution in [0.2, 0.25) is 0 Å². The van der Waals surface area contributed by atoms with Crippen LogP contribution in [0.4, 0.5) is 29.2 Å². The second-order valence-corrected chi connectivity index (χ2v) is 10.3.